The fourth-order valence-electron chi connectivity index (χ4n) is 1.52. The summed E-state index contributed by atoms with van der Waals surface area (Å²) in [4.78, 5) is 12.9. The quantitative estimate of drug-likeness (QED) is 0.831. The zero-order chi connectivity index (χ0) is 12.0. The first-order chi connectivity index (χ1) is 7.70. The highest BCUT2D eigenvalue weighted by Gasteiger charge is 2.15. The topological polar surface area (TPSA) is 55.6 Å². The maximum atomic E-state index is 11.4. The largest absolute Gasteiger partial charge is 0.495 e. The highest BCUT2D eigenvalue weighted by molar-refractivity contribution is 5.92. The van der Waals surface area contributed by atoms with E-state index in [1.165, 1.54) is 0 Å². The number of hydrogen-bond donors (Lipinski definition) is 1. The van der Waals surface area contributed by atoms with Crippen LogP contribution in [0.5, 0.6) is 5.75 Å². The third-order valence-electron chi connectivity index (χ3n) is 2.38. The molecule has 0 aliphatic rings. The molecule has 0 unspecified atom stereocenters. The molecule has 0 heterocycles. The first-order valence-corrected chi connectivity index (χ1v) is 5.40. The first kappa shape index (κ1) is 12.4. The number of carbonyl (C=O) groups is 1. The number of carbonyl (C=O) groups excluding carboxylic acids is 1. The van der Waals surface area contributed by atoms with Gasteiger partial charge in [0, 0.05) is 6.54 Å². The average molecular weight is 222 g/mol. The van der Waals surface area contributed by atoms with Crippen LogP contribution in [0, 0.1) is 0 Å². The van der Waals surface area contributed by atoms with Crippen LogP contribution in [0.4, 0.5) is 10.5 Å². The number of amides is 2. The second-order valence-corrected chi connectivity index (χ2v) is 3.52. The summed E-state index contributed by atoms with van der Waals surface area (Å²) >= 11 is 0. The second-order valence-electron chi connectivity index (χ2n) is 3.52. The van der Waals surface area contributed by atoms with Crippen molar-refractivity contribution < 1.29 is 9.53 Å². The van der Waals surface area contributed by atoms with E-state index in [9.17, 15) is 4.79 Å². The van der Waals surface area contributed by atoms with Gasteiger partial charge < -0.3 is 10.5 Å². The van der Waals surface area contributed by atoms with Gasteiger partial charge in [-0.15, -0.1) is 0 Å². The van der Waals surface area contributed by atoms with Gasteiger partial charge in [-0.2, -0.15) is 0 Å². The molecule has 0 aliphatic heterocycles. The zero-order valence-electron chi connectivity index (χ0n) is 9.77. The molecule has 0 fully saturated rings. The molecule has 0 aliphatic carbocycles. The van der Waals surface area contributed by atoms with Gasteiger partial charge in [-0.3, -0.25) is 4.90 Å². The molecule has 4 heteroatoms. The monoisotopic (exact) mass is 222 g/mol. The van der Waals surface area contributed by atoms with E-state index in [1.807, 2.05) is 24.3 Å². The SMILES string of the molecule is CCCCN(C(N)=O)c1ccccc1OC. The number of anilines is 1. The van der Waals surface area contributed by atoms with Crippen LogP contribution in [0.1, 0.15) is 19.8 Å². The van der Waals surface area contributed by atoms with Crippen molar-refractivity contribution in [3.63, 3.8) is 0 Å². The molecule has 2 N–H and O–H groups in total. The zero-order valence-corrected chi connectivity index (χ0v) is 9.77. The number of urea groups is 1. The summed E-state index contributed by atoms with van der Waals surface area (Å²) in [5, 5.41) is 0. The lowest BCUT2D eigenvalue weighted by molar-refractivity contribution is 0.253. The maximum Gasteiger partial charge on any atom is 0.319 e. The molecule has 2 amide bonds. The lowest BCUT2D eigenvalue weighted by Crippen LogP contribution is -2.36. The van der Waals surface area contributed by atoms with E-state index in [1.54, 1.807) is 12.0 Å². The molecule has 1 rings (SSSR count). The Morgan fingerprint density at radius 3 is 2.69 bits per heavy atom. The minimum absolute atomic E-state index is 0.446. The molecule has 0 saturated carbocycles. The molecule has 0 atom stereocenters. The van der Waals surface area contributed by atoms with Crippen LogP contribution in [0.2, 0.25) is 0 Å². The Balaban J connectivity index is 2.95. The minimum Gasteiger partial charge on any atom is -0.495 e. The number of hydrogen-bond acceptors (Lipinski definition) is 2. The van der Waals surface area contributed by atoms with E-state index in [0.717, 1.165) is 18.5 Å². The molecule has 0 spiro atoms. The third-order valence-corrected chi connectivity index (χ3v) is 2.38. The highest BCUT2D eigenvalue weighted by Crippen LogP contribution is 2.27. The molecular formula is C12H18N2O2. The number of primary amides is 1. The van der Waals surface area contributed by atoms with Crippen LogP contribution in [-0.2, 0) is 0 Å². The summed E-state index contributed by atoms with van der Waals surface area (Å²) in [6, 6.07) is 6.93. The Bertz CT molecular complexity index is 353. The number of methoxy groups -OCH3 is 1. The van der Waals surface area contributed by atoms with Gasteiger partial charge in [0.2, 0.25) is 0 Å². The van der Waals surface area contributed by atoms with Gasteiger partial charge in [0.25, 0.3) is 0 Å². The molecule has 1 aromatic rings. The predicted octanol–water partition coefficient (Wildman–Crippen LogP) is 2.38. The number of benzene rings is 1. The Hall–Kier alpha value is -1.71. The molecule has 4 nitrogen and oxygen atoms in total. The van der Waals surface area contributed by atoms with Gasteiger partial charge in [0.15, 0.2) is 0 Å². The first-order valence-electron chi connectivity index (χ1n) is 5.40. The number of nitrogens with two attached hydrogens (primary N) is 1. The van der Waals surface area contributed by atoms with E-state index < -0.39 is 6.03 Å². The molecular weight excluding hydrogens is 204 g/mol. The molecule has 16 heavy (non-hydrogen) atoms. The normalized spacial score (nSPS) is 9.88. The Morgan fingerprint density at radius 1 is 1.44 bits per heavy atom. The molecule has 0 bridgehead atoms. The van der Waals surface area contributed by atoms with E-state index in [4.69, 9.17) is 10.5 Å². The fourth-order valence-corrected chi connectivity index (χ4v) is 1.52. The fraction of sp³-hybridized carbons (Fsp3) is 0.417. The van der Waals surface area contributed by atoms with Crippen molar-refractivity contribution >= 4 is 11.7 Å². The van der Waals surface area contributed by atoms with E-state index in [-0.39, 0.29) is 0 Å². The van der Waals surface area contributed by atoms with E-state index >= 15 is 0 Å². The Labute approximate surface area is 96.0 Å². The van der Waals surface area contributed by atoms with Crippen LogP contribution in [-0.4, -0.2) is 19.7 Å². The minimum atomic E-state index is -0.446. The lowest BCUT2D eigenvalue weighted by atomic mass is 10.2. The van der Waals surface area contributed by atoms with E-state index in [2.05, 4.69) is 6.92 Å². The van der Waals surface area contributed by atoms with Crippen molar-refractivity contribution in [2.24, 2.45) is 5.73 Å². The second kappa shape index (κ2) is 6.00. The lowest BCUT2D eigenvalue weighted by Gasteiger charge is -2.22. The maximum absolute atomic E-state index is 11.4. The Morgan fingerprint density at radius 2 is 2.12 bits per heavy atom. The number of unbranched alkanes of at least 4 members (excludes halogenated alkanes) is 1. The number of nitrogens with zero attached hydrogens (tertiary/aromatic N) is 1. The van der Waals surface area contributed by atoms with Crippen molar-refractivity contribution in [2.45, 2.75) is 19.8 Å². The van der Waals surface area contributed by atoms with Gasteiger partial charge in [-0.25, -0.2) is 4.79 Å². The summed E-state index contributed by atoms with van der Waals surface area (Å²) < 4.78 is 5.21. The van der Waals surface area contributed by atoms with Crippen LogP contribution >= 0.6 is 0 Å². The standard InChI is InChI=1S/C12H18N2O2/c1-3-4-9-14(12(13)15)10-7-5-6-8-11(10)16-2/h5-8H,3-4,9H2,1-2H3,(H2,13,15). The van der Waals surface area contributed by atoms with Gasteiger partial charge in [0.1, 0.15) is 5.75 Å². The van der Waals surface area contributed by atoms with Crippen molar-refractivity contribution in [2.75, 3.05) is 18.6 Å². The van der Waals surface area contributed by atoms with Gasteiger partial charge in [-0.05, 0) is 18.6 Å². The Kier molecular flexibility index (Phi) is 4.64. The van der Waals surface area contributed by atoms with Crippen LogP contribution in [0.3, 0.4) is 0 Å². The summed E-state index contributed by atoms with van der Waals surface area (Å²) in [6.07, 6.45) is 1.93. The van der Waals surface area contributed by atoms with E-state index in [0.29, 0.717) is 12.3 Å². The molecule has 0 saturated heterocycles. The average Bonchev–Trinajstić information content (AvgIpc) is 2.29. The van der Waals surface area contributed by atoms with Crippen molar-refractivity contribution in [3.05, 3.63) is 24.3 Å². The van der Waals surface area contributed by atoms with Gasteiger partial charge >= 0.3 is 6.03 Å². The molecule has 1 aromatic carbocycles. The summed E-state index contributed by atoms with van der Waals surface area (Å²) in [5.41, 5.74) is 6.09. The summed E-state index contributed by atoms with van der Waals surface area (Å²) in [5.74, 6) is 0.664. The molecule has 88 valence electrons. The molecule has 0 radical (unpaired) electrons. The van der Waals surface area contributed by atoms with Crippen molar-refractivity contribution in [3.8, 4) is 5.75 Å². The number of rotatable bonds is 5. The van der Waals surface area contributed by atoms with Crippen molar-refractivity contribution in [1.29, 1.82) is 0 Å². The van der Waals surface area contributed by atoms with Gasteiger partial charge in [0.05, 0.1) is 12.8 Å². The number of para-hydroxylation sites is 2. The smallest absolute Gasteiger partial charge is 0.319 e. The summed E-state index contributed by atoms with van der Waals surface area (Å²) in [6.45, 7) is 2.69. The molecule has 0 aromatic heterocycles. The van der Waals surface area contributed by atoms with Crippen LogP contribution < -0.4 is 15.4 Å². The van der Waals surface area contributed by atoms with Crippen molar-refractivity contribution in [1.82, 2.24) is 0 Å². The highest BCUT2D eigenvalue weighted by atomic mass is 16.5. The van der Waals surface area contributed by atoms with Crippen LogP contribution in [0.15, 0.2) is 24.3 Å². The predicted molar refractivity (Wildman–Crippen MR) is 64.8 cm³/mol. The summed E-state index contributed by atoms with van der Waals surface area (Å²) in [7, 11) is 1.58. The van der Waals surface area contributed by atoms with Gasteiger partial charge in [-0.1, -0.05) is 25.5 Å². The van der Waals surface area contributed by atoms with Crippen LogP contribution in [0.25, 0.3) is 0 Å². The third kappa shape index (κ3) is 2.89. The number of ether oxygens (including phenoxy) is 1.